The lowest BCUT2D eigenvalue weighted by molar-refractivity contribution is 0.255. The first-order valence-corrected chi connectivity index (χ1v) is 10.7. The third-order valence-corrected chi connectivity index (χ3v) is 7.06. The molecule has 130 valence electrons. The van der Waals surface area contributed by atoms with Crippen molar-refractivity contribution >= 4 is 54.8 Å². The molecule has 0 N–H and O–H groups in total. The second-order valence-corrected chi connectivity index (χ2v) is 9.69. The predicted molar refractivity (Wildman–Crippen MR) is 102 cm³/mol. The first kappa shape index (κ1) is 16.9. The van der Waals surface area contributed by atoms with Crippen molar-refractivity contribution in [2.24, 2.45) is 0 Å². The van der Waals surface area contributed by atoms with Crippen LogP contribution in [-0.2, 0) is 9.84 Å². The van der Waals surface area contributed by atoms with E-state index in [4.69, 9.17) is 11.6 Å². The minimum absolute atomic E-state index is 0.0242. The highest BCUT2D eigenvalue weighted by Gasteiger charge is 2.54. The standard InChI is InChI=1S/C17H14BrClN2O3S/c18-11-1-5-13(6-2-11)20-15-9-25(23,24)10-16(15)21(17(20)22)14-7-3-12(19)4-8-14/h1-8,15-16H,9-10H2. The molecule has 2 amide bonds. The zero-order valence-electron chi connectivity index (χ0n) is 13.0. The maximum absolute atomic E-state index is 13.1. The number of halogens is 2. The van der Waals surface area contributed by atoms with Crippen LogP contribution in [0.25, 0.3) is 0 Å². The number of hydrogen-bond acceptors (Lipinski definition) is 3. The number of amides is 2. The minimum Gasteiger partial charge on any atom is -0.288 e. The van der Waals surface area contributed by atoms with E-state index in [0.29, 0.717) is 16.4 Å². The molecule has 4 rings (SSSR count). The van der Waals surface area contributed by atoms with E-state index in [1.54, 1.807) is 34.1 Å². The highest BCUT2D eigenvalue weighted by Crippen LogP contribution is 2.38. The summed E-state index contributed by atoms with van der Waals surface area (Å²) in [5, 5.41) is 0.566. The largest absolute Gasteiger partial charge is 0.329 e. The summed E-state index contributed by atoms with van der Waals surface area (Å²) in [6.07, 6.45) is 0. The SMILES string of the molecule is O=C1N(c2ccc(Cl)cc2)C2CS(=O)(=O)CC2N1c1ccc(Br)cc1. The Hall–Kier alpha value is -1.57. The van der Waals surface area contributed by atoms with E-state index in [0.717, 1.165) is 4.47 Å². The van der Waals surface area contributed by atoms with Crippen LogP contribution >= 0.6 is 27.5 Å². The average Bonchev–Trinajstić information content (AvgIpc) is 2.99. The molecule has 0 aromatic heterocycles. The molecule has 2 atom stereocenters. The first-order chi connectivity index (χ1) is 11.9. The third kappa shape index (κ3) is 2.94. The average molecular weight is 442 g/mol. The molecule has 2 fully saturated rings. The van der Waals surface area contributed by atoms with E-state index in [-0.39, 0.29) is 17.5 Å². The molecule has 0 spiro atoms. The molecule has 2 unspecified atom stereocenters. The molecule has 0 saturated carbocycles. The van der Waals surface area contributed by atoms with Crippen molar-refractivity contribution in [2.45, 2.75) is 12.1 Å². The summed E-state index contributed by atoms with van der Waals surface area (Å²) in [7, 11) is -3.20. The summed E-state index contributed by atoms with van der Waals surface area (Å²) in [5.41, 5.74) is 1.35. The van der Waals surface area contributed by atoms with Gasteiger partial charge in [0.15, 0.2) is 9.84 Å². The Morgan fingerprint density at radius 3 is 1.80 bits per heavy atom. The highest BCUT2D eigenvalue weighted by atomic mass is 79.9. The fraction of sp³-hybridized carbons (Fsp3) is 0.235. The number of sulfone groups is 1. The lowest BCUT2D eigenvalue weighted by atomic mass is 10.1. The summed E-state index contributed by atoms with van der Waals surface area (Å²) >= 11 is 9.31. The topological polar surface area (TPSA) is 57.7 Å². The lowest BCUT2D eigenvalue weighted by Gasteiger charge is -2.22. The van der Waals surface area contributed by atoms with Crippen LogP contribution in [0.2, 0.25) is 5.02 Å². The van der Waals surface area contributed by atoms with Crippen LogP contribution in [0.1, 0.15) is 0 Å². The van der Waals surface area contributed by atoms with Crippen molar-refractivity contribution < 1.29 is 13.2 Å². The van der Waals surface area contributed by atoms with Gasteiger partial charge in [-0.2, -0.15) is 0 Å². The number of hydrogen-bond donors (Lipinski definition) is 0. The Morgan fingerprint density at radius 1 is 0.880 bits per heavy atom. The van der Waals surface area contributed by atoms with Gasteiger partial charge in [0.2, 0.25) is 0 Å². The van der Waals surface area contributed by atoms with Gasteiger partial charge in [-0.25, -0.2) is 13.2 Å². The van der Waals surface area contributed by atoms with Crippen LogP contribution in [0, 0.1) is 0 Å². The van der Waals surface area contributed by atoms with E-state index in [1.165, 1.54) is 0 Å². The van der Waals surface area contributed by atoms with Crippen LogP contribution in [0.15, 0.2) is 53.0 Å². The number of anilines is 2. The monoisotopic (exact) mass is 440 g/mol. The Bertz CT molecular complexity index is 862. The number of nitrogens with zero attached hydrogens (tertiary/aromatic N) is 2. The number of carbonyl (C=O) groups is 1. The number of rotatable bonds is 2. The molecule has 2 aliphatic rings. The lowest BCUT2D eigenvalue weighted by Crippen LogP contribution is -2.37. The smallest absolute Gasteiger partial charge is 0.288 e. The number of urea groups is 1. The second kappa shape index (κ2) is 6.00. The molecule has 0 radical (unpaired) electrons. The fourth-order valence-electron chi connectivity index (χ4n) is 3.51. The van der Waals surface area contributed by atoms with Crippen molar-refractivity contribution in [3.63, 3.8) is 0 Å². The molecular weight excluding hydrogens is 428 g/mol. The molecule has 2 aliphatic heterocycles. The third-order valence-electron chi connectivity index (χ3n) is 4.58. The Balaban J connectivity index is 1.79. The maximum Gasteiger partial charge on any atom is 0.329 e. The van der Waals surface area contributed by atoms with Crippen LogP contribution in [0.4, 0.5) is 16.2 Å². The van der Waals surface area contributed by atoms with E-state index >= 15 is 0 Å². The quantitative estimate of drug-likeness (QED) is 0.668. The number of fused-ring (bicyclic) bond motifs is 1. The van der Waals surface area contributed by atoms with Crippen LogP contribution in [0.5, 0.6) is 0 Å². The molecule has 5 nitrogen and oxygen atoms in total. The molecule has 25 heavy (non-hydrogen) atoms. The summed E-state index contributed by atoms with van der Waals surface area (Å²) in [6.45, 7) is 0. The van der Waals surface area contributed by atoms with E-state index < -0.39 is 21.9 Å². The van der Waals surface area contributed by atoms with Gasteiger partial charge >= 0.3 is 6.03 Å². The normalized spacial score (nSPS) is 24.6. The molecule has 2 saturated heterocycles. The van der Waals surface area contributed by atoms with Gasteiger partial charge in [0.05, 0.1) is 23.6 Å². The van der Waals surface area contributed by atoms with Crippen molar-refractivity contribution in [2.75, 3.05) is 21.3 Å². The Kier molecular flexibility index (Phi) is 4.05. The predicted octanol–water partition coefficient (Wildman–Crippen LogP) is 3.71. The van der Waals surface area contributed by atoms with E-state index in [2.05, 4.69) is 15.9 Å². The van der Waals surface area contributed by atoms with Gasteiger partial charge in [-0.1, -0.05) is 27.5 Å². The minimum atomic E-state index is -3.20. The van der Waals surface area contributed by atoms with Gasteiger partial charge in [-0.3, -0.25) is 9.80 Å². The maximum atomic E-state index is 13.1. The summed E-state index contributed by atoms with van der Waals surface area (Å²) in [5.74, 6) is -0.0530. The van der Waals surface area contributed by atoms with Gasteiger partial charge in [-0.05, 0) is 48.5 Å². The summed E-state index contributed by atoms with van der Waals surface area (Å²) < 4.78 is 25.3. The van der Waals surface area contributed by atoms with Gasteiger partial charge < -0.3 is 0 Å². The molecule has 0 bridgehead atoms. The van der Waals surface area contributed by atoms with Crippen molar-refractivity contribution in [3.8, 4) is 0 Å². The molecular formula is C17H14BrClN2O3S. The molecule has 2 heterocycles. The van der Waals surface area contributed by atoms with E-state index in [1.807, 2.05) is 24.3 Å². The van der Waals surface area contributed by atoms with Crippen molar-refractivity contribution in [1.29, 1.82) is 0 Å². The number of carbonyl (C=O) groups excluding carboxylic acids is 1. The Morgan fingerprint density at radius 2 is 1.32 bits per heavy atom. The Labute approximate surface area is 159 Å². The van der Waals surface area contributed by atoms with Crippen molar-refractivity contribution in [1.82, 2.24) is 0 Å². The van der Waals surface area contributed by atoms with Gasteiger partial charge in [-0.15, -0.1) is 0 Å². The summed E-state index contributed by atoms with van der Waals surface area (Å²) in [4.78, 5) is 16.3. The number of benzene rings is 2. The fourth-order valence-corrected chi connectivity index (χ4v) is 5.82. The molecule has 2 aromatic rings. The zero-order valence-corrected chi connectivity index (χ0v) is 16.1. The van der Waals surface area contributed by atoms with Gasteiger partial charge in [0.25, 0.3) is 0 Å². The van der Waals surface area contributed by atoms with E-state index in [9.17, 15) is 13.2 Å². The summed E-state index contributed by atoms with van der Waals surface area (Å²) in [6, 6.07) is 13.2. The molecule has 2 aromatic carbocycles. The van der Waals surface area contributed by atoms with Crippen molar-refractivity contribution in [3.05, 3.63) is 58.0 Å². The van der Waals surface area contributed by atoms with Gasteiger partial charge in [0.1, 0.15) is 0 Å². The second-order valence-electron chi connectivity index (χ2n) is 6.19. The van der Waals surface area contributed by atoms with Gasteiger partial charge in [0, 0.05) is 20.9 Å². The molecule has 8 heteroatoms. The highest BCUT2D eigenvalue weighted by molar-refractivity contribution is 9.10. The first-order valence-electron chi connectivity index (χ1n) is 7.70. The molecule has 0 aliphatic carbocycles. The van der Waals surface area contributed by atoms with Crippen LogP contribution in [-0.4, -0.2) is 38.0 Å². The zero-order chi connectivity index (χ0) is 17.8. The van der Waals surface area contributed by atoms with Crippen LogP contribution < -0.4 is 9.80 Å². The van der Waals surface area contributed by atoms with Crippen LogP contribution in [0.3, 0.4) is 0 Å².